The minimum Gasteiger partial charge on any atom is -0.481 e. The van der Waals surface area contributed by atoms with Gasteiger partial charge in [0.1, 0.15) is 10.9 Å². The Bertz CT molecular complexity index is 1030. The Balaban J connectivity index is 1.75. The first kappa shape index (κ1) is 29.3. The Kier molecular flexibility index (Phi) is 9.89. The molecule has 204 valence electrons. The van der Waals surface area contributed by atoms with Gasteiger partial charge in [-0.05, 0) is 75.0 Å². The van der Waals surface area contributed by atoms with E-state index in [1.54, 1.807) is 38.1 Å². The number of benzene rings is 1. The van der Waals surface area contributed by atoms with Crippen molar-refractivity contribution < 1.29 is 33.9 Å². The van der Waals surface area contributed by atoms with Gasteiger partial charge in [-0.2, -0.15) is 0 Å². The maximum Gasteiger partial charge on any atom is 0.324 e. The predicted octanol–water partition coefficient (Wildman–Crippen LogP) is 4.26. The number of fused-ring (bicyclic) bond motifs is 1. The zero-order valence-electron chi connectivity index (χ0n) is 22.1. The lowest BCUT2D eigenvalue weighted by Crippen LogP contribution is -2.46. The number of hydrogen-bond acceptors (Lipinski definition) is 6. The van der Waals surface area contributed by atoms with E-state index < -0.39 is 46.1 Å². The van der Waals surface area contributed by atoms with Crippen LogP contribution in [0.15, 0.2) is 59.0 Å². The van der Waals surface area contributed by atoms with Crippen molar-refractivity contribution in [2.45, 2.75) is 87.8 Å². The number of aliphatic carboxylic acids is 1. The molecule has 1 aromatic carbocycles. The first-order valence-electron chi connectivity index (χ1n) is 13.1. The fourth-order valence-electron chi connectivity index (χ4n) is 5.52. The minimum absolute atomic E-state index is 0.00550. The van der Waals surface area contributed by atoms with E-state index in [-0.39, 0.29) is 36.2 Å². The molecule has 2 aliphatic rings. The Morgan fingerprint density at radius 2 is 1.81 bits per heavy atom. The molecule has 3 rings (SSSR count). The summed E-state index contributed by atoms with van der Waals surface area (Å²) in [6, 6.07) is 8.92. The van der Waals surface area contributed by atoms with Gasteiger partial charge in [0.15, 0.2) is 0 Å². The second kappa shape index (κ2) is 12.5. The summed E-state index contributed by atoms with van der Waals surface area (Å²) in [7, 11) is -1.58. The van der Waals surface area contributed by atoms with Crippen molar-refractivity contribution in [3.05, 3.63) is 54.1 Å². The zero-order chi connectivity index (χ0) is 27.3. The lowest BCUT2D eigenvalue weighted by Gasteiger charge is -2.43. The molecule has 0 heterocycles. The van der Waals surface area contributed by atoms with Gasteiger partial charge in [-0.1, -0.05) is 50.3 Å². The first-order chi connectivity index (χ1) is 17.4. The van der Waals surface area contributed by atoms with E-state index in [2.05, 4.69) is 32.1 Å². The maximum atomic E-state index is 13.4. The lowest BCUT2D eigenvalue weighted by atomic mass is 9.65. The summed E-state index contributed by atoms with van der Waals surface area (Å²) < 4.78 is 18.2. The summed E-state index contributed by atoms with van der Waals surface area (Å²) in [5, 5.41) is 29.2. The van der Waals surface area contributed by atoms with E-state index in [4.69, 9.17) is 9.84 Å². The van der Waals surface area contributed by atoms with Crippen LogP contribution in [0.3, 0.4) is 0 Å². The van der Waals surface area contributed by atoms with Crippen LogP contribution in [0.1, 0.15) is 59.8 Å². The number of esters is 1. The number of allylic oxidation sites excluding steroid dienone is 3. The van der Waals surface area contributed by atoms with Gasteiger partial charge in [0, 0.05) is 10.8 Å². The fourth-order valence-corrected chi connectivity index (χ4v) is 6.71. The molecule has 0 fully saturated rings. The van der Waals surface area contributed by atoms with E-state index in [0.29, 0.717) is 24.2 Å². The SMILES string of the molecule is C[C@H]1C=C2C=C[C@H](C)[C@H](CC[C@@H](O)C[C@@H](O)CC(=O)O)[C@H]2[C@@H](OC(=O)C(C)(C)S(=O)c2ccccc2)C1. The van der Waals surface area contributed by atoms with Crippen molar-refractivity contribution >= 4 is 22.7 Å². The van der Waals surface area contributed by atoms with Gasteiger partial charge in [0.2, 0.25) is 0 Å². The van der Waals surface area contributed by atoms with E-state index >= 15 is 0 Å². The van der Waals surface area contributed by atoms with Crippen LogP contribution in [0.4, 0.5) is 0 Å². The fraction of sp³-hybridized carbons (Fsp3) is 0.586. The zero-order valence-corrected chi connectivity index (χ0v) is 22.9. The van der Waals surface area contributed by atoms with Crippen LogP contribution in [-0.2, 0) is 25.1 Å². The number of carboxylic acid groups (broad SMARTS) is 1. The molecule has 8 heteroatoms. The Morgan fingerprint density at radius 3 is 2.46 bits per heavy atom. The van der Waals surface area contributed by atoms with Crippen molar-refractivity contribution in [2.75, 3.05) is 0 Å². The monoisotopic (exact) mass is 532 g/mol. The standard InChI is InChI=1S/C29H40O7S/c1-18-14-20-11-10-19(2)24(13-12-21(30)16-22(31)17-26(32)33)27(20)25(15-18)36-28(34)29(3,4)37(35)23-8-6-5-7-9-23/h5-11,14,18-19,21-22,24-25,27,30-31H,12-13,15-17H2,1-4H3,(H,32,33)/t18-,19-,21+,22+,24-,25-,27-,37?/m0/s1. The summed E-state index contributed by atoms with van der Waals surface area (Å²) in [5.74, 6) is -1.17. The summed E-state index contributed by atoms with van der Waals surface area (Å²) in [6.45, 7) is 7.50. The molecule has 0 spiro atoms. The molecule has 2 aliphatic carbocycles. The van der Waals surface area contributed by atoms with Crippen molar-refractivity contribution in [1.82, 2.24) is 0 Å². The average molecular weight is 533 g/mol. The van der Waals surface area contributed by atoms with E-state index in [0.717, 1.165) is 5.57 Å². The Hall–Kier alpha value is -2.29. The molecule has 0 saturated heterocycles. The van der Waals surface area contributed by atoms with Gasteiger partial charge in [0.25, 0.3) is 0 Å². The molecular formula is C29H40O7S. The van der Waals surface area contributed by atoms with Gasteiger partial charge in [-0.3, -0.25) is 13.8 Å². The second-order valence-electron chi connectivity index (χ2n) is 11.0. The molecule has 0 amide bonds. The van der Waals surface area contributed by atoms with Crippen LogP contribution in [-0.4, -0.2) is 54.5 Å². The van der Waals surface area contributed by atoms with Gasteiger partial charge in [-0.25, -0.2) is 0 Å². The number of carboxylic acids is 1. The third-order valence-electron chi connectivity index (χ3n) is 7.55. The molecule has 0 aliphatic heterocycles. The third kappa shape index (κ3) is 7.39. The van der Waals surface area contributed by atoms with E-state index in [1.165, 1.54) is 0 Å². The highest BCUT2D eigenvalue weighted by atomic mass is 32.2. The highest BCUT2D eigenvalue weighted by Gasteiger charge is 2.45. The minimum atomic E-state index is -1.58. The van der Waals surface area contributed by atoms with Gasteiger partial charge >= 0.3 is 11.9 Å². The molecule has 7 nitrogen and oxygen atoms in total. The summed E-state index contributed by atoms with van der Waals surface area (Å²) >= 11 is 0. The van der Waals surface area contributed by atoms with Gasteiger partial charge in [0.05, 0.1) is 29.4 Å². The highest BCUT2D eigenvalue weighted by Crippen LogP contribution is 2.45. The average Bonchev–Trinajstić information content (AvgIpc) is 2.82. The van der Waals surface area contributed by atoms with E-state index in [9.17, 15) is 24.0 Å². The molecule has 0 aromatic heterocycles. The predicted molar refractivity (Wildman–Crippen MR) is 142 cm³/mol. The molecule has 1 aromatic rings. The lowest BCUT2D eigenvalue weighted by molar-refractivity contribution is -0.156. The molecule has 0 bridgehead atoms. The normalized spacial score (nSPS) is 27.9. The molecular weight excluding hydrogens is 492 g/mol. The number of ether oxygens (including phenoxy) is 1. The highest BCUT2D eigenvalue weighted by molar-refractivity contribution is 7.87. The quantitative estimate of drug-likeness (QED) is 0.364. The van der Waals surface area contributed by atoms with E-state index in [1.807, 2.05) is 6.07 Å². The number of aliphatic hydroxyl groups is 2. The molecule has 8 atom stereocenters. The Labute approximate surface area is 222 Å². The number of rotatable bonds is 11. The largest absolute Gasteiger partial charge is 0.481 e. The molecule has 0 saturated carbocycles. The summed E-state index contributed by atoms with van der Waals surface area (Å²) in [4.78, 5) is 24.8. The van der Waals surface area contributed by atoms with Crippen LogP contribution < -0.4 is 0 Å². The third-order valence-corrected chi connectivity index (χ3v) is 9.35. The number of aliphatic hydroxyl groups excluding tert-OH is 2. The molecule has 37 heavy (non-hydrogen) atoms. The number of carbonyl (C=O) groups is 2. The van der Waals surface area contributed by atoms with Crippen molar-refractivity contribution in [1.29, 1.82) is 0 Å². The molecule has 1 unspecified atom stereocenters. The van der Waals surface area contributed by atoms with Crippen molar-refractivity contribution in [3.8, 4) is 0 Å². The topological polar surface area (TPSA) is 121 Å². The summed E-state index contributed by atoms with van der Waals surface area (Å²) in [5.41, 5.74) is 1.11. The smallest absolute Gasteiger partial charge is 0.324 e. The first-order valence-corrected chi connectivity index (χ1v) is 14.2. The van der Waals surface area contributed by atoms with Crippen LogP contribution in [0, 0.1) is 23.7 Å². The molecule has 3 N–H and O–H groups in total. The molecule has 0 radical (unpaired) electrons. The van der Waals surface area contributed by atoms with Gasteiger partial charge in [-0.15, -0.1) is 0 Å². The number of carbonyl (C=O) groups excluding carboxylic acids is 1. The second-order valence-corrected chi connectivity index (χ2v) is 13.1. The number of hydrogen-bond donors (Lipinski definition) is 3. The van der Waals surface area contributed by atoms with Crippen LogP contribution in [0.2, 0.25) is 0 Å². The van der Waals surface area contributed by atoms with Crippen molar-refractivity contribution in [3.63, 3.8) is 0 Å². The summed E-state index contributed by atoms with van der Waals surface area (Å²) in [6.07, 6.45) is 5.46. The van der Waals surface area contributed by atoms with Crippen LogP contribution in [0.5, 0.6) is 0 Å². The van der Waals surface area contributed by atoms with Crippen molar-refractivity contribution in [2.24, 2.45) is 23.7 Å². The van der Waals surface area contributed by atoms with Gasteiger partial charge < -0.3 is 20.1 Å². The van der Waals surface area contributed by atoms with Crippen LogP contribution >= 0.6 is 0 Å². The van der Waals surface area contributed by atoms with Crippen LogP contribution in [0.25, 0.3) is 0 Å². The Morgan fingerprint density at radius 1 is 1.14 bits per heavy atom. The maximum absolute atomic E-state index is 13.4.